The van der Waals surface area contributed by atoms with Crippen LogP contribution in [0.1, 0.15) is 64.8 Å². The summed E-state index contributed by atoms with van der Waals surface area (Å²) in [5, 5.41) is 11.8. The molecule has 11 heteroatoms. The first kappa shape index (κ1) is 33.2. The van der Waals surface area contributed by atoms with Gasteiger partial charge in [-0.05, 0) is 55.7 Å². The van der Waals surface area contributed by atoms with Gasteiger partial charge in [-0.25, -0.2) is 9.78 Å². The van der Waals surface area contributed by atoms with Crippen LogP contribution in [-0.2, 0) is 20.9 Å². The Labute approximate surface area is 277 Å². The number of nitrogens with zero attached hydrogens (tertiary/aromatic N) is 2. The molecule has 1 aliphatic rings. The Hall–Kier alpha value is -5.16. The van der Waals surface area contributed by atoms with Crippen molar-refractivity contribution in [3.05, 3.63) is 106 Å². The number of thiazole rings is 1. The lowest BCUT2D eigenvalue weighted by molar-refractivity contribution is -0.132. The summed E-state index contributed by atoms with van der Waals surface area (Å²) in [5.74, 6) is -1.44. The van der Waals surface area contributed by atoms with Gasteiger partial charge in [-0.3, -0.25) is 14.5 Å². The molecule has 0 saturated carbocycles. The van der Waals surface area contributed by atoms with E-state index in [1.165, 1.54) is 12.0 Å². The molecule has 47 heavy (non-hydrogen) atoms. The molecule has 0 aliphatic carbocycles. The number of hydrogen-bond donors (Lipinski definition) is 1. The zero-order valence-corrected chi connectivity index (χ0v) is 27.5. The SMILES string of the molecule is CCCCOc1cccc(/C(O)=C2\C(=O)C(=O)N(c3nc(C)c(C(=O)OCC)s3)C2c2ccc(OCc3ccccc3)c(OC)c2)c1. The lowest BCUT2D eigenvalue weighted by atomic mass is 9.95. The molecular weight excluding hydrogens is 620 g/mol. The summed E-state index contributed by atoms with van der Waals surface area (Å²) in [7, 11) is 1.49. The fourth-order valence-electron chi connectivity index (χ4n) is 5.15. The van der Waals surface area contributed by atoms with Crippen LogP contribution < -0.4 is 19.1 Å². The number of aliphatic hydroxyl groups is 1. The van der Waals surface area contributed by atoms with Gasteiger partial charge in [0, 0.05) is 5.56 Å². The van der Waals surface area contributed by atoms with Gasteiger partial charge in [0.05, 0.1) is 37.6 Å². The number of aromatic nitrogens is 1. The standard InChI is InChI=1S/C36H36N2O8S/c1-5-7-18-45-26-15-11-14-25(19-26)31(39)29-30(24-16-17-27(28(20-24)43-4)46-21-23-12-9-8-10-13-23)38(34(41)32(29)40)36-37-22(3)33(47-36)35(42)44-6-2/h8-17,19-20,30,39H,5-7,18,21H2,1-4H3/b31-29+. The van der Waals surface area contributed by atoms with Crippen molar-refractivity contribution in [2.45, 2.75) is 46.3 Å². The lowest BCUT2D eigenvalue weighted by Gasteiger charge is -2.24. The molecule has 1 saturated heterocycles. The van der Waals surface area contributed by atoms with Gasteiger partial charge < -0.3 is 24.1 Å². The largest absolute Gasteiger partial charge is 0.507 e. The fraction of sp³-hybridized carbons (Fsp3) is 0.278. The molecule has 1 amide bonds. The summed E-state index contributed by atoms with van der Waals surface area (Å²) in [4.78, 5) is 46.1. The second-order valence-electron chi connectivity index (χ2n) is 10.7. The molecule has 1 unspecified atom stereocenters. The highest BCUT2D eigenvalue weighted by Gasteiger charge is 2.48. The van der Waals surface area contributed by atoms with E-state index in [2.05, 4.69) is 11.9 Å². The zero-order chi connectivity index (χ0) is 33.5. The minimum atomic E-state index is -1.11. The number of aryl methyl sites for hydroxylation is 1. The third kappa shape index (κ3) is 7.15. The van der Waals surface area contributed by atoms with Crippen molar-refractivity contribution in [2.75, 3.05) is 25.2 Å². The molecule has 0 radical (unpaired) electrons. The van der Waals surface area contributed by atoms with Crippen molar-refractivity contribution in [1.29, 1.82) is 0 Å². The smallest absolute Gasteiger partial charge is 0.350 e. The molecule has 0 spiro atoms. The topological polar surface area (TPSA) is 124 Å². The van der Waals surface area contributed by atoms with Crippen LogP contribution in [0.4, 0.5) is 5.13 Å². The van der Waals surface area contributed by atoms with E-state index in [9.17, 15) is 19.5 Å². The quantitative estimate of drug-likeness (QED) is 0.0531. The van der Waals surface area contributed by atoms with E-state index in [4.69, 9.17) is 18.9 Å². The summed E-state index contributed by atoms with van der Waals surface area (Å²) in [6.45, 7) is 6.33. The molecule has 1 N–H and O–H groups in total. The number of ketones is 1. The maximum Gasteiger partial charge on any atom is 0.350 e. The Morgan fingerprint density at radius 1 is 0.979 bits per heavy atom. The molecule has 10 nitrogen and oxygen atoms in total. The maximum absolute atomic E-state index is 13.8. The summed E-state index contributed by atoms with van der Waals surface area (Å²) >= 11 is 0.938. The average molecular weight is 657 g/mol. The average Bonchev–Trinajstić information content (AvgIpc) is 3.60. The van der Waals surface area contributed by atoms with Crippen molar-refractivity contribution in [3.8, 4) is 17.2 Å². The van der Waals surface area contributed by atoms with E-state index in [1.807, 2.05) is 30.3 Å². The number of carbonyl (C=O) groups excluding carboxylic acids is 3. The van der Waals surface area contributed by atoms with E-state index >= 15 is 0 Å². The highest BCUT2D eigenvalue weighted by atomic mass is 32.1. The van der Waals surface area contributed by atoms with E-state index in [0.717, 1.165) is 29.7 Å². The predicted octanol–water partition coefficient (Wildman–Crippen LogP) is 7.02. The van der Waals surface area contributed by atoms with Crippen molar-refractivity contribution in [1.82, 2.24) is 4.98 Å². The van der Waals surface area contributed by atoms with Crippen LogP contribution in [0, 0.1) is 6.92 Å². The molecule has 1 aliphatic heterocycles. The molecular formula is C36H36N2O8S. The third-order valence-corrected chi connectivity index (χ3v) is 8.65. The Kier molecular flexibility index (Phi) is 10.6. The minimum absolute atomic E-state index is 0.108. The van der Waals surface area contributed by atoms with E-state index in [0.29, 0.717) is 47.3 Å². The third-order valence-electron chi connectivity index (χ3n) is 7.51. The number of amides is 1. The first-order valence-corrected chi connectivity index (χ1v) is 16.1. The Bertz CT molecular complexity index is 1800. The second kappa shape index (κ2) is 15.0. The number of anilines is 1. The summed E-state index contributed by atoms with van der Waals surface area (Å²) in [6.07, 6.45) is 1.81. The molecule has 244 valence electrons. The number of methoxy groups -OCH3 is 1. The van der Waals surface area contributed by atoms with Crippen molar-refractivity contribution < 1.29 is 38.4 Å². The first-order valence-electron chi connectivity index (χ1n) is 15.3. The highest BCUT2D eigenvalue weighted by Crippen LogP contribution is 2.46. The van der Waals surface area contributed by atoms with Gasteiger partial charge in [0.25, 0.3) is 5.78 Å². The summed E-state index contributed by atoms with van der Waals surface area (Å²) in [6, 6.07) is 20.3. The van der Waals surface area contributed by atoms with Crippen LogP contribution in [0.25, 0.3) is 5.76 Å². The first-order chi connectivity index (χ1) is 22.8. The number of rotatable bonds is 13. The van der Waals surface area contributed by atoms with Gasteiger partial charge in [0.15, 0.2) is 16.6 Å². The van der Waals surface area contributed by atoms with Gasteiger partial charge >= 0.3 is 11.9 Å². The van der Waals surface area contributed by atoms with Crippen LogP contribution in [0.15, 0.2) is 78.4 Å². The zero-order valence-electron chi connectivity index (χ0n) is 26.6. The molecule has 1 fully saturated rings. The molecule has 1 aromatic heterocycles. The van der Waals surface area contributed by atoms with Crippen LogP contribution in [-0.4, -0.2) is 48.1 Å². The van der Waals surface area contributed by atoms with Gasteiger partial charge in [-0.15, -0.1) is 0 Å². The van der Waals surface area contributed by atoms with Gasteiger partial charge in [-0.2, -0.15) is 0 Å². The number of esters is 1. The van der Waals surface area contributed by atoms with Crippen molar-refractivity contribution >= 4 is 39.9 Å². The number of unbranched alkanes of at least 4 members (excludes halogenated alkanes) is 1. The molecule has 0 bridgehead atoms. The van der Waals surface area contributed by atoms with E-state index < -0.39 is 23.7 Å². The second-order valence-corrected chi connectivity index (χ2v) is 11.7. The van der Waals surface area contributed by atoms with Crippen LogP contribution in [0.5, 0.6) is 17.2 Å². The Balaban J connectivity index is 1.61. The molecule has 2 heterocycles. The molecule has 3 aromatic carbocycles. The van der Waals surface area contributed by atoms with Crippen molar-refractivity contribution in [3.63, 3.8) is 0 Å². The monoisotopic (exact) mass is 656 g/mol. The number of benzene rings is 3. The van der Waals surface area contributed by atoms with Gasteiger partial charge in [-0.1, -0.05) is 73.2 Å². The normalized spacial score (nSPS) is 15.5. The maximum atomic E-state index is 13.8. The number of hydrogen-bond acceptors (Lipinski definition) is 10. The molecule has 1 atom stereocenters. The summed E-state index contributed by atoms with van der Waals surface area (Å²) < 4.78 is 22.7. The molecule has 4 aromatic rings. The number of carbonyl (C=O) groups is 3. The van der Waals surface area contributed by atoms with Crippen LogP contribution in [0.3, 0.4) is 0 Å². The Morgan fingerprint density at radius 2 is 1.77 bits per heavy atom. The summed E-state index contributed by atoms with van der Waals surface area (Å²) in [5.41, 5.74) is 1.92. The number of aliphatic hydroxyl groups excluding tert-OH is 1. The van der Waals surface area contributed by atoms with Crippen LogP contribution in [0.2, 0.25) is 0 Å². The van der Waals surface area contributed by atoms with E-state index in [-0.39, 0.29) is 27.9 Å². The van der Waals surface area contributed by atoms with Gasteiger partial charge in [0.2, 0.25) is 0 Å². The number of ether oxygens (including phenoxy) is 4. The van der Waals surface area contributed by atoms with E-state index in [1.54, 1.807) is 56.3 Å². The minimum Gasteiger partial charge on any atom is -0.507 e. The Morgan fingerprint density at radius 3 is 2.49 bits per heavy atom. The van der Waals surface area contributed by atoms with Crippen LogP contribution >= 0.6 is 11.3 Å². The number of Topliss-reactive ketones (excluding diaryl/α,β-unsaturated/α-hetero) is 1. The van der Waals surface area contributed by atoms with Gasteiger partial charge in [0.1, 0.15) is 23.0 Å². The molecule has 5 rings (SSSR count). The lowest BCUT2D eigenvalue weighted by Crippen LogP contribution is -2.29. The van der Waals surface area contributed by atoms with Crippen molar-refractivity contribution in [2.24, 2.45) is 0 Å². The highest BCUT2D eigenvalue weighted by molar-refractivity contribution is 7.17. The predicted molar refractivity (Wildman–Crippen MR) is 178 cm³/mol. The fourth-order valence-corrected chi connectivity index (χ4v) is 6.14.